The van der Waals surface area contributed by atoms with E-state index in [9.17, 15) is 9.59 Å². The van der Waals surface area contributed by atoms with Crippen molar-refractivity contribution in [2.45, 2.75) is 19.0 Å². The molecule has 39 heavy (non-hydrogen) atoms. The lowest BCUT2D eigenvalue weighted by Crippen LogP contribution is -2.22. The van der Waals surface area contributed by atoms with Crippen LogP contribution in [0.2, 0.25) is 5.02 Å². The monoisotopic (exact) mass is 531 g/mol. The van der Waals surface area contributed by atoms with Gasteiger partial charge in [0.2, 0.25) is 0 Å². The van der Waals surface area contributed by atoms with E-state index in [-0.39, 0.29) is 16.7 Å². The number of carbonyl (C=O) groups is 2. The molecule has 2 N–H and O–H groups in total. The summed E-state index contributed by atoms with van der Waals surface area (Å²) in [6, 6.07) is 34.0. The predicted octanol–water partition coefficient (Wildman–Crippen LogP) is 7.38. The second-order valence-corrected chi connectivity index (χ2v) is 10.0. The van der Waals surface area contributed by atoms with Gasteiger partial charge in [-0.15, -0.1) is 0 Å². The molecule has 1 atom stereocenters. The number of Topliss-reactive ketones (excluding diaryl/α,β-unsaturated/α-hetero) is 1. The molecule has 192 valence electrons. The summed E-state index contributed by atoms with van der Waals surface area (Å²) in [5, 5.41) is 6.66. The Balaban J connectivity index is 1.23. The molecule has 6 rings (SSSR count). The molecule has 6 heteroatoms. The molecule has 0 spiro atoms. The van der Waals surface area contributed by atoms with Gasteiger partial charge in [-0.3, -0.25) is 9.59 Å². The zero-order chi connectivity index (χ0) is 26.8. The van der Waals surface area contributed by atoms with Gasteiger partial charge >= 0.3 is 0 Å². The minimum Gasteiger partial charge on any atom is -0.370 e. The van der Waals surface area contributed by atoms with Crippen LogP contribution >= 0.6 is 11.6 Å². The summed E-state index contributed by atoms with van der Waals surface area (Å²) in [5.41, 5.74) is 6.49. The van der Waals surface area contributed by atoms with E-state index in [4.69, 9.17) is 11.6 Å². The topological polar surface area (TPSA) is 63.1 Å². The standard InChI is InChI=1S/C33H26ClN3O2/c34-28-20-25(35-33(39)26-13-6-4-11-23(26)19-22-9-2-1-3-10-22)16-17-27(28)32(38)31-30-15-8-18-37(30)21-24-12-5-7-14-29(24)36-31/h1-18,20,31,36H,19,21H2,(H,35,39). The molecule has 1 aromatic heterocycles. The van der Waals surface area contributed by atoms with E-state index >= 15 is 0 Å². The summed E-state index contributed by atoms with van der Waals surface area (Å²) < 4.78 is 2.08. The Morgan fingerprint density at radius 1 is 0.846 bits per heavy atom. The minimum atomic E-state index is -0.591. The highest BCUT2D eigenvalue weighted by Gasteiger charge is 2.29. The fourth-order valence-electron chi connectivity index (χ4n) is 5.10. The van der Waals surface area contributed by atoms with Gasteiger partial charge in [0.1, 0.15) is 6.04 Å². The Kier molecular flexibility index (Phi) is 6.74. The maximum atomic E-state index is 13.8. The van der Waals surface area contributed by atoms with Gasteiger partial charge in [0, 0.05) is 40.9 Å². The van der Waals surface area contributed by atoms with Gasteiger partial charge in [0.15, 0.2) is 5.78 Å². The van der Waals surface area contributed by atoms with Gasteiger partial charge in [-0.2, -0.15) is 0 Å². The average molecular weight is 532 g/mol. The van der Waals surface area contributed by atoms with Gasteiger partial charge in [0.25, 0.3) is 5.91 Å². The lowest BCUT2D eigenvalue weighted by molar-refractivity contribution is 0.0966. The van der Waals surface area contributed by atoms with E-state index in [1.807, 2.05) is 91.1 Å². The molecular formula is C33H26ClN3O2. The van der Waals surface area contributed by atoms with Crippen LogP contribution in [0.4, 0.5) is 11.4 Å². The third-order valence-electron chi connectivity index (χ3n) is 7.07. The van der Waals surface area contributed by atoms with Crippen LogP contribution in [0, 0.1) is 0 Å². The zero-order valence-corrected chi connectivity index (χ0v) is 21.9. The Bertz CT molecular complexity index is 1680. The van der Waals surface area contributed by atoms with Crippen LogP contribution in [-0.4, -0.2) is 16.3 Å². The molecule has 1 unspecified atom stereocenters. The Labute approximate surface area is 232 Å². The van der Waals surface area contributed by atoms with Crippen molar-refractivity contribution in [3.8, 4) is 0 Å². The molecule has 1 aliphatic rings. The number of hydrogen-bond donors (Lipinski definition) is 2. The maximum Gasteiger partial charge on any atom is 0.255 e. The first-order valence-electron chi connectivity index (χ1n) is 12.8. The summed E-state index contributed by atoms with van der Waals surface area (Å²) >= 11 is 6.65. The number of anilines is 2. The van der Waals surface area contributed by atoms with Crippen molar-refractivity contribution in [1.82, 2.24) is 4.57 Å². The molecule has 0 aliphatic carbocycles. The van der Waals surface area contributed by atoms with Gasteiger partial charge in [-0.1, -0.05) is 78.3 Å². The van der Waals surface area contributed by atoms with Crippen molar-refractivity contribution in [2.75, 3.05) is 10.6 Å². The Hall–Kier alpha value is -4.61. The quantitative estimate of drug-likeness (QED) is 0.225. The van der Waals surface area contributed by atoms with Crippen LogP contribution in [0.25, 0.3) is 0 Å². The molecule has 1 aliphatic heterocycles. The number of fused-ring (bicyclic) bond motifs is 2. The van der Waals surface area contributed by atoms with E-state index in [0.717, 1.165) is 28.1 Å². The van der Waals surface area contributed by atoms with Crippen LogP contribution in [-0.2, 0) is 13.0 Å². The van der Waals surface area contributed by atoms with Crippen LogP contribution < -0.4 is 10.6 Å². The van der Waals surface area contributed by atoms with Crippen LogP contribution in [0.15, 0.2) is 115 Å². The molecule has 0 saturated heterocycles. The largest absolute Gasteiger partial charge is 0.370 e. The number of carbonyl (C=O) groups excluding carboxylic acids is 2. The van der Waals surface area contributed by atoms with Gasteiger partial charge in [-0.25, -0.2) is 0 Å². The number of para-hydroxylation sites is 1. The summed E-state index contributed by atoms with van der Waals surface area (Å²) in [4.78, 5) is 27.0. The van der Waals surface area contributed by atoms with Crippen molar-refractivity contribution in [1.29, 1.82) is 0 Å². The molecule has 0 fully saturated rings. The summed E-state index contributed by atoms with van der Waals surface area (Å²) in [5.74, 6) is -0.362. The van der Waals surface area contributed by atoms with Crippen molar-refractivity contribution in [3.63, 3.8) is 0 Å². The van der Waals surface area contributed by atoms with Crippen LogP contribution in [0.3, 0.4) is 0 Å². The number of halogens is 1. The second kappa shape index (κ2) is 10.6. The first-order valence-corrected chi connectivity index (χ1v) is 13.2. The average Bonchev–Trinajstić information content (AvgIpc) is 3.34. The molecule has 5 nitrogen and oxygen atoms in total. The van der Waals surface area contributed by atoms with Gasteiger partial charge in [0.05, 0.1) is 5.02 Å². The number of nitrogens with one attached hydrogen (secondary N) is 2. The van der Waals surface area contributed by atoms with Crippen LogP contribution in [0.1, 0.15) is 49.1 Å². The minimum absolute atomic E-state index is 0.136. The highest BCUT2D eigenvalue weighted by Crippen LogP contribution is 2.33. The molecule has 1 amide bonds. The summed E-state index contributed by atoms with van der Waals surface area (Å²) in [6.45, 7) is 0.680. The predicted molar refractivity (Wildman–Crippen MR) is 156 cm³/mol. The van der Waals surface area contributed by atoms with Crippen molar-refractivity contribution < 1.29 is 9.59 Å². The summed E-state index contributed by atoms with van der Waals surface area (Å²) in [6.07, 6.45) is 2.63. The number of rotatable bonds is 6. The third-order valence-corrected chi connectivity index (χ3v) is 7.39. The van der Waals surface area contributed by atoms with Gasteiger partial charge < -0.3 is 15.2 Å². The van der Waals surface area contributed by atoms with E-state index in [1.165, 1.54) is 0 Å². The molecule has 5 aromatic rings. The highest BCUT2D eigenvalue weighted by molar-refractivity contribution is 6.34. The van der Waals surface area contributed by atoms with E-state index < -0.39 is 6.04 Å². The third kappa shape index (κ3) is 5.09. The number of benzene rings is 4. The Morgan fingerprint density at radius 2 is 1.62 bits per heavy atom. The lowest BCUT2D eigenvalue weighted by Gasteiger charge is -2.19. The van der Waals surface area contributed by atoms with E-state index in [1.54, 1.807) is 18.2 Å². The fourth-order valence-corrected chi connectivity index (χ4v) is 5.38. The number of amides is 1. The first kappa shape index (κ1) is 24.7. The molecule has 0 radical (unpaired) electrons. The normalized spacial score (nSPS) is 13.9. The number of hydrogen-bond acceptors (Lipinski definition) is 3. The SMILES string of the molecule is O=C(Nc1ccc(C(=O)C2Nc3ccccc3Cn3cccc32)c(Cl)c1)c1ccccc1Cc1ccccc1. The first-order chi connectivity index (χ1) is 19.1. The molecule has 0 saturated carbocycles. The summed E-state index contributed by atoms with van der Waals surface area (Å²) in [7, 11) is 0. The van der Waals surface area contributed by atoms with Crippen molar-refractivity contribution in [3.05, 3.63) is 154 Å². The number of ketones is 1. The zero-order valence-electron chi connectivity index (χ0n) is 21.1. The molecule has 4 aromatic carbocycles. The fraction of sp³-hybridized carbons (Fsp3) is 0.0909. The smallest absolute Gasteiger partial charge is 0.255 e. The van der Waals surface area contributed by atoms with Crippen LogP contribution in [0.5, 0.6) is 0 Å². The van der Waals surface area contributed by atoms with E-state index in [2.05, 4.69) is 21.3 Å². The van der Waals surface area contributed by atoms with Gasteiger partial charge in [-0.05, 0) is 65.6 Å². The molecule has 2 heterocycles. The second-order valence-electron chi connectivity index (χ2n) is 9.63. The van der Waals surface area contributed by atoms with Crippen molar-refractivity contribution in [2.24, 2.45) is 0 Å². The highest BCUT2D eigenvalue weighted by atomic mass is 35.5. The number of aromatic nitrogens is 1. The number of nitrogens with zero attached hydrogens (tertiary/aromatic N) is 1. The van der Waals surface area contributed by atoms with E-state index in [0.29, 0.717) is 29.8 Å². The lowest BCUT2D eigenvalue weighted by atomic mass is 9.99. The molecule has 0 bridgehead atoms. The maximum absolute atomic E-state index is 13.8. The Morgan fingerprint density at radius 3 is 2.46 bits per heavy atom. The van der Waals surface area contributed by atoms with Crippen molar-refractivity contribution >= 4 is 34.7 Å². The molecular weight excluding hydrogens is 506 g/mol.